The van der Waals surface area contributed by atoms with Crippen LogP contribution in [0.1, 0.15) is 22.3 Å². The topological polar surface area (TPSA) is 98.8 Å². The number of esters is 1. The monoisotopic (exact) mass is 405 g/mol. The van der Waals surface area contributed by atoms with E-state index in [4.69, 9.17) is 4.74 Å². The van der Waals surface area contributed by atoms with Crippen molar-refractivity contribution in [1.29, 1.82) is 0 Å². The molecule has 1 amide bonds. The Bertz CT molecular complexity index is 905. The van der Waals surface area contributed by atoms with Crippen LogP contribution in [0, 0.1) is 6.92 Å². The molecule has 0 aliphatic rings. The maximum atomic E-state index is 12.1. The molecule has 7 nitrogen and oxygen atoms in total. The summed E-state index contributed by atoms with van der Waals surface area (Å²) in [6.07, 6.45) is 0.249. The molecule has 0 aliphatic heterocycles. The van der Waals surface area contributed by atoms with Gasteiger partial charge >= 0.3 is 5.97 Å². The number of ether oxygens (including phenoxy) is 2. The summed E-state index contributed by atoms with van der Waals surface area (Å²) in [5, 5.41) is 2.57. The zero-order valence-corrected chi connectivity index (χ0v) is 16.6. The molecule has 0 fully saturated rings. The number of amides is 1. The molecule has 0 unspecified atom stereocenters. The quantitative estimate of drug-likeness (QED) is 0.509. The van der Waals surface area contributed by atoms with Crippen molar-refractivity contribution in [3.63, 3.8) is 0 Å². The Morgan fingerprint density at radius 2 is 1.64 bits per heavy atom. The van der Waals surface area contributed by atoms with Gasteiger partial charge in [-0.3, -0.25) is 4.79 Å². The van der Waals surface area contributed by atoms with Gasteiger partial charge in [-0.25, -0.2) is 13.2 Å². The van der Waals surface area contributed by atoms with Crippen molar-refractivity contribution in [2.45, 2.75) is 13.3 Å². The van der Waals surface area contributed by atoms with Gasteiger partial charge < -0.3 is 14.8 Å². The first-order valence-corrected chi connectivity index (χ1v) is 10.5. The first-order valence-electron chi connectivity index (χ1n) is 8.67. The van der Waals surface area contributed by atoms with Crippen molar-refractivity contribution >= 4 is 27.4 Å². The summed E-state index contributed by atoms with van der Waals surface area (Å²) in [6, 6.07) is 13.4. The van der Waals surface area contributed by atoms with E-state index in [0.717, 1.165) is 5.56 Å². The van der Waals surface area contributed by atoms with Gasteiger partial charge in [-0.15, -0.1) is 0 Å². The van der Waals surface area contributed by atoms with Crippen LogP contribution in [0.2, 0.25) is 0 Å². The molecule has 0 aliphatic carbocycles. The highest BCUT2D eigenvalue weighted by Crippen LogP contribution is 2.13. The van der Waals surface area contributed by atoms with Gasteiger partial charge in [-0.2, -0.15) is 0 Å². The van der Waals surface area contributed by atoms with E-state index in [-0.39, 0.29) is 18.8 Å². The van der Waals surface area contributed by atoms with Gasteiger partial charge in [0, 0.05) is 5.69 Å². The van der Waals surface area contributed by atoms with Gasteiger partial charge in [-0.05, 0) is 49.7 Å². The lowest BCUT2D eigenvalue weighted by molar-refractivity contribution is -0.113. The third-order valence-corrected chi connectivity index (χ3v) is 5.44. The molecule has 2 rings (SSSR count). The minimum Gasteiger partial charge on any atom is -0.494 e. The Labute approximate surface area is 164 Å². The van der Waals surface area contributed by atoms with E-state index in [1.165, 1.54) is 7.11 Å². The van der Waals surface area contributed by atoms with E-state index in [2.05, 4.69) is 10.1 Å². The SMILES string of the molecule is COC(=O)c1ccc(OCCCS(=O)(=O)CC(=O)Nc2ccc(C)cc2)cc1. The van der Waals surface area contributed by atoms with Gasteiger partial charge in [0.2, 0.25) is 5.91 Å². The van der Waals surface area contributed by atoms with E-state index in [0.29, 0.717) is 17.0 Å². The standard InChI is InChI=1S/C20H23NO6S/c1-15-4-8-17(9-5-15)21-19(22)14-28(24,25)13-3-12-27-18-10-6-16(7-11-18)20(23)26-2/h4-11H,3,12-14H2,1-2H3,(H,21,22). The van der Waals surface area contributed by atoms with Crippen molar-refractivity contribution in [2.75, 3.05) is 30.5 Å². The molecule has 1 N–H and O–H groups in total. The average molecular weight is 405 g/mol. The molecule has 0 atom stereocenters. The Kier molecular flexibility index (Phi) is 7.57. The molecular weight excluding hydrogens is 382 g/mol. The van der Waals surface area contributed by atoms with Crippen LogP contribution in [-0.4, -0.2) is 45.5 Å². The Balaban J connectivity index is 1.74. The van der Waals surface area contributed by atoms with Crippen molar-refractivity contribution < 1.29 is 27.5 Å². The molecule has 0 radical (unpaired) electrons. The summed E-state index contributed by atoms with van der Waals surface area (Å²) in [5.41, 5.74) is 2.01. The molecule has 2 aromatic rings. The fraction of sp³-hybridized carbons (Fsp3) is 0.300. The van der Waals surface area contributed by atoms with Crippen LogP contribution in [0.5, 0.6) is 5.75 Å². The number of rotatable bonds is 9. The van der Waals surface area contributed by atoms with E-state index in [9.17, 15) is 18.0 Å². The van der Waals surface area contributed by atoms with E-state index in [1.807, 2.05) is 19.1 Å². The highest BCUT2D eigenvalue weighted by atomic mass is 32.2. The summed E-state index contributed by atoms with van der Waals surface area (Å²) in [7, 11) is -2.24. The number of hydrogen-bond donors (Lipinski definition) is 1. The van der Waals surface area contributed by atoms with E-state index in [1.54, 1.807) is 36.4 Å². The van der Waals surface area contributed by atoms with Gasteiger partial charge in [0.25, 0.3) is 0 Å². The minimum atomic E-state index is -3.54. The lowest BCUT2D eigenvalue weighted by Crippen LogP contribution is -2.25. The predicted molar refractivity (Wildman–Crippen MR) is 106 cm³/mol. The largest absolute Gasteiger partial charge is 0.494 e. The normalized spacial score (nSPS) is 10.9. The van der Waals surface area contributed by atoms with Crippen LogP contribution in [0.15, 0.2) is 48.5 Å². The lowest BCUT2D eigenvalue weighted by atomic mass is 10.2. The molecule has 8 heteroatoms. The van der Waals surface area contributed by atoms with Crippen LogP contribution >= 0.6 is 0 Å². The van der Waals surface area contributed by atoms with Gasteiger partial charge in [0.15, 0.2) is 9.84 Å². The molecule has 28 heavy (non-hydrogen) atoms. The molecule has 0 aromatic heterocycles. The lowest BCUT2D eigenvalue weighted by Gasteiger charge is -2.08. The Morgan fingerprint density at radius 1 is 1.00 bits per heavy atom. The number of sulfone groups is 1. The second-order valence-corrected chi connectivity index (χ2v) is 8.41. The van der Waals surface area contributed by atoms with E-state index >= 15 is 0 Å². The zero-order chi connectivity index (χ0) is 20.6. The number of carbonyl (C=O) groups excluding carboxylic acids is 2. The minimum absolute atomic E-state index is 0.158. The predicted octanol–water partition coefficient (Wildman–Crippen LogP) is 2.60. The summed E-state index contributed by atoms with van der Waals surface area (Å²) in [6.45, 7) is 2.10. The fourth-order valence-corrected chi connectivity index (χ4v) is 3.55. The van der Waals surface area contributed by atoms with Crippen LogP contribution < -0.4 is 10.1 Å². The van der Waals surface area contributed by atoms with Crippen LogP contribution in [0.25, 0.3) is 0 Å². The zero-order valence-electron chi connectivity index (χ0n) is 15.8. The molecule has 0 heterocycles. The summed E-state index contributed by atoms with van der Waals surface area (Å²) < 4.78 is 34.2. The van der Waals surface area contributed by atoms with Gasteiger partial charge in [0.05, 0.1) is 25.0 Å². The van der Waals surface area contributed by atoms with Crippen molar-refractivity contribution in [3.05, 3.63) is 59.7 Å². The fourth-order valence-electron chi connectivity index (χ4n) is 2.38. The van der Waals surface area contributed by atoms with Crippen LogP contribution in [-0.2, 0) is 19.4 Å². The van der Waals surface area contributed by atoms with Crippen molar-refractivity contribution in [1.82, 2.24) is 0 Å². The smallest absolute Gasteiger partial charge is 0.337 e. The summed E-state index contributed by atoms with van der Waals surface area (Å²) >= 11 is 0. The number of methoxy groups -OCH3 is 1. The molecule has 150 valence electrons. The van der Waals surface area contributed by atoms with Crippen LogP contribution in [0.4, 0.5) is 5.69 Å². The first-order chi connectivity index (χ1) is 13.3. The summed E-state index contributed by atoms with van der Waals surface area (Å²) in [4.78, 5) is 23.3. The van der Waals surface area contributed by atoms with Gasteiger partial charge in [-0.1, -0.05) is 17.7 Å². The van der Waals surface area contributed by atoms with Crippen LogP contribution in [0.3, 0.4) is 0 Å². The second-order valence-electron chi connectivity index (χ2n) is 6.22. The molecule has 0 saturated carbocycles. The summed E-state index contributed by atoms with van der Waals surface area (Å²) in [5.74, 6) is -1.23. The number of benzene rings is 2. The highest BCUT2D eigenvalue weighted by molar-refractivity contribution is 7.92. The van der Waals surface area contributed by atoms with E-state index < -0.39 is 27.5 Å². The van der Waals surface area contributed by atoms with Crippen molar-refractivity contribution in [3.8, 4) is 5.75 Å². The molecule has 0 bridgehead atoms. The third kappa shape index (κ3) is 7.03. The highest BCUT2D eigenvalue weighted by Gasteiger charge is 2.16. The maximum absolute atomic E-state index is 12.1. The molecular formula is C20H23NO6S. The molecule has 0 spiro atoms. The van der Waals surface area contributed by atoms with Gasteiger partial charge in [0.1, 0.15) is 11.5 Å². The molecule has 2 aromatic carbocycles. The number of aryl methyl sites for hydroxylation is 1. The van der Waals surface area contributed by atoms with Crippen molar-refractivity contribution in [2.24, 2.45) is 0 Å². The number of nitrogens with one attached hydrogen (secondary N) is 1. The molecule has 0 saturated heterocycles. The number of hydrogen-bond acceptors (Lipinski definition) is 6. The average Bonchev–Trinajstić information content (AvgIpc) is 2.66. The number of anilines is 1. The second kappa shape index (κ2) is 9.89. The maximum Gasteiger partial charge on any atom is 0.337 e. The number of carbonyl (C=O) groups is 2. The Hall–Kier alpha value is -2.87. The third-order valence-electron chi connectivity index (χ3n) is 3.83. The first kappa shape index (κ1) is 21.4. The Morgan fingerprint density at radius 3 is 2.25 bits per heavy atom.